The molecule has 1 N–H and O–H groups in total. The molecule has 1 saturated carbocycles. The second-order valence-electron chi connectivity index (χ2n) is 5.79. The number of benzene rings is 1. The molecule has 4 nitrogen and oxygen atoms in total. The van der Waals surface area contributed by atoms with Gasteiger partial charge in [0.2, 0.25) is 0 Å². The molecular weight excluding hydrogens is 264 g/mol. The zero-order valence-electron chi connectivity index (χ0n) is 13.3. The Labute approximate surface area is 127 Å². The molecule has 21 heavy (non-hydrogen) atoms. The number of esters is 1. The zero-order chi connectivity index (χ0) is 15.2. The van der Waals surface area contributed by atoms with Crippen molar-refractivity contribution in [3.05, 3.63) is 29.8 Å². The standard InChI is InChI=1S/C17H26N2O2/c1-4-21-17(20)16(18-14-8-9-14)10-11-19(3)15-7-5-6-13(2)12-15/h5-7,12,14,16,18H,4,8-11H2,1-3H3. The summed E-state index contributed by atoms with van der Waals surface area (Å²) in [6.45, 7) is 5.21. The Morgan fingerprint density at radius 3 is 2.86 bits per heavy atom. The van der Waals surface area contributed by atoms with Crippen molar-refractivity contribution in [2.75, 3.05) is 25.1 Å². The Balaban J connectivity index is 1.89. The van der Waals surface area contributed by atoms with Crippen molar-refractivity contribution in [2.24, 2.45) is 0 Å². The predicted molar refractivity (Wildman–Crippen MR) is 85.6 cm³/mol. The van der Waals surface area contributed by atoms with E-state index < -0.39 is 0 Å². The van der Waals surface area contributed by atoms with E-state index >= 15 is 0 Å². The van der Waals surface area contributed by atoms with Gasteiger partial charge in [0.1, 0.15) is 6.04 Å². The van der Waals surface area contributed by atoms with Crippen LogP contribution in [0.5, 0.6) is 0 Å². The zero-order valence-corrected chi connectivity index (χ0v) is 13.3. The molecule has 0 bridgehead atoms. The Kier molecular flexibility index (Phi) is 5.62. The van der Waals surface area contributed by atoms with Crippen molar-refractivity contribution >= 4 is 11.7 Å². The summed E-state index contributed by atoms with van der Waals surface area (Å²) in [6, 6.07) is 8.72. The maximum Gasteiger partial charge on any atom is 0.323 e. The van der Waals surface area contributed by atoms with E-state index in [1.54, 1.807) is 0 Å². The first kappa shape index (κ1) is 15.8. The quantitative estimate of drug-likeness (QED) is 0.747. The smallest absolute Gasteiger partial charge is 0.323 e. The first-order valence-corrected chi connectivity index (χ1v) is 7.80. The number of rotatable bonds is 8. The molecule has 1 aliphatic rings. The Morgan fingerprint density at radius 2 is 2.24 bits per heavy atom. The van der Waals surface area contributed by atoms with E-state index in [-0.39, 0.29) is 12.0 Å². The largest absolute Gasteiger partial charge is 0.465 e. The topological polar surface area (TPSA) is 41.6 Å². The van der Waals surface area contributed by atoms with Crippen LogP contribution in [-0.4, -0.2) is 38.3 Å². The molecule has 0 aliphatic heterocycles. The fraction of sp³-hybridized carbons (Fsp3) is 0.588. The third-order valence-corrected chi connectivity index (χ3v) is 3.78. The van der Waals surface area contributed by atoms with E-state index in [0.29, 0.717) is 12.6 Å². The normalized spacial score (nSPS) is 15.6. The van der Waals surface area contributed by atoms with E-state index in [1.165, 1.54) is 24.1 Å². The molecule has 0 amide bonds. The van der Waals surface area contributed by atoms with E-state index in [4.69, 9.17) is 4.74 Å². The van der Waals surface area contributed by atoms with Crippen LogP contribution in [0.2, 0.25) is 0 Å². The molecule has 0 aromatic heterocycles. The van der Waals surface area contributed by atoms with E-state index in [0.717, 1.165) is 13.0 Å². The third kappa shape index (κ3) is 5.05. The number of aryl methyl sites for hydroxylation is 1. The molecule has 0 radical (unpaired) electrons. The van der Waals surface area contributed by atoms with Gasteiger partial charge in [-0.25, -0.2) is 0 Å². The van der Waals surface area contributed by atoms with Crippen molar-refractivity contribution in [1.29, 1.82) is 0 Å². The summed E-state index contributed by atoms with van der Waals surface area (Å²) >= 11 is 0. The Morgan fingerprint density at radius 1 is 1.48 bits per heavy atom. The molecule has 1 aromatic rings. The summed E-state index contributed by atoms with van der Waals surface area (Å²) < 4.78 is 5.17. The predicted octanol–water partition coefficient (Wildman–Crippen LogP) is 2.51. The SMILES string of the molecule is CCOC(=O)C(CCN(C)c1cccc(C)c1)NC1CC1. The van der Waals surface area contributed by atoms with Gasteiger partial charge >= 0.3 is 5.97 Å². The minimum atomic E-state index is -0.190. The van der Waals surface area contributed by atoms with Gasteiger partial charge in [0.25, 0.3) is 0 Å². The summed E-state index contributed by atoms with van der Waals surface area (Å²) in [6.07, 6.45) is 3.10. The lowest BCUT2D eigenvalue weighted by atomic mass is 10.1. The molecule has 0 spiro atoms. The number of hydrogen-bond acceptors (Lipinski definition) is 4. The van der Waals surface area contributed by atoms with E-state index in [1.807, 2.05) is 6.92 Å². The van der Waals surface area contributed by atoms with Gasteiger partial charge in [-0.15, -0.1) is 0 Å². The van der Waals surface area contributed by atoms with Crippen molar-refractivity contribution in [3.63, 3.8) is 0 Å². The molecule has 4 heteroatoms. The van der Waals surface area contributed by atoms with Crippen LogP contribution in [0.3, 0.4) is 0 Å². The van der Waals surface area contributed by atoms with Gasteiger partial charge in [-0.2, -0.15) is 0 Å². The Bertz CT molecular complexity index is 472. The lowest BCUT2D eigenvalue weighted by Crippen LogP contribution is -2.41. The van der Waals surface area contributed by atoms with Crippen molar-refractivity contribution in [3.8, 4) is 0 Å². The van der Waals surface area contributed by atoms with Crippen LogP contribution in [0.1, 0.15) is 31.7 Å². The molecule has 1 fully saturated rings. The summed E-state index contributed by atoms with van der Waals surface area (Å²) in [5, 5.41) is 3.39. The van der Waals surface area contributed by atoms with Crippen molar-refractivity contribution in [1.82, 2.24) is 5.32 Å². The average molecular weight is 290 g/mol. The van der Waals surface area contributed by atoms with Crippen molar-refractivity contribution < 1.29 is 9.53 Å². The first-order valence-electron chi connectivity index (χ1n) is 7.80. The first-order chi connectivity index (χ1) is 10.1. The Hall–Kier alpha value is -1.55. The van der Waals surface area contributed by atoms with Crippen LogP contribution in [0, 0.1) is 6.92 Å². The van der Waals surface area contributed by atoms with Gasteiger partial charge in [0, 0.05) is 25.3 Å². The lowest BCUT2D eigenvalue weighted by molar-refractivity contribution is -0.145. The molecule has 0 saturated heterocycles. The number of nitrogens with zero attached hydrogens (tertiary/aromatic N) is 1. The summed E-state index contributed by atoms with van der Waals surface area (Å²) in [4.78, 5) is 14.2. The van der Waals surface area contributed by atoms with Crippen LogP contribution in [0.25, 0.3) is 0 Å². The second-order valence-corrected chi connectivity index (χ2v) is 5.79. The van der Waals surface area contributed by atoms with Crippen LogP contribution >= 0.6 is 0 Å². The fourth-order valence-corrected chi connectivity index (χ4v) is 2.36. The maximum atomic E-state index is 12.0. The van der Waals surface area contributed by atoms with Crippen LogP contribution in [0.4, 0.5) is 5.69 Å². The van der Waals surface area contributed by atoms with Gasteiger partial charge < -0.3 is 15.0 Å². The highest BCUT2D eigenvalue weighted by atomic mass is 16.5. The van der Waals surface area contributed by atoms with Crippen LogP contribution in [0.15, 0.2) is 24.3 Å². The van der Waals surface area contributed by atoms with E-state index in [9.17, 15) is 4.79 Å². The maximum absolute atomic E-state index is 12.0. The average Bonchev–Trinajstić information content (AvgIpc) is 3.27. The molecule has 1 aromatic carbocycles. The summed E-state index contributed by atoms with van der Waals surface area (Å²) in [5.41, 5.74) is 2.43. The minimum absolute atomic E-state index is 0.123. The summed E-state index contributed by atoms with van der Waals surface area (Å²) in [7, 11) is 2.06. The highest BCUT2D eigenvalue weighted by molar-refractivity contribution is 5.76. The minimum Gasteiger partial charge on any atom is -0.465 e. The fourth-order valence-electron chi connectivity index (χ4n) is 2.36. The number of hydrogen-bond donors (Lipinski definition) is 1. The molecular formula is C17H26N2O2. The molecule has 116 valence electrons. The highest BCUT2D eigenvalue weighted by Crippen LogP contribution is 2.21. The highest BCUT2D eigenvalue weighted by Gasteiger charge is 2.29. The molecule has 1 atom stereocenters. The van der Waals surface area contributed by atoms with Gasteiger partial charge in [-0.3, -0.25) is 4.79 Å². The van der Waals surface area contributed by atoms with Gasteiger partial charge in [-0.1, -0.05) is 12.1 Å². The van der Waals surface area contributed by atoms with Gasteiger partial charge in [0.15, 0.2) is 0 Å². The molecule has 1 aliphatic carbocycles. The van der Waals surface area contributed by atoms with Crippen LogP contribution < -0.4 is 10.2 Å². The second kappa shape index (κ2) is 7.46. The monoisotopic (exact) mass is 290 g/mol. The lowest BCUT2D eigenvalue weighted by Gasteiger charge is -2.23. The summed E-state index contributed by atoms with van der Waals surface area (Å²) in [5.74, 6) is -0.123. The number of ether oxygens (including phenoxy) is 1. The van der Waals surface area contributed by atoms with E-state index in [2.05, 4.69) is 48.5 Å². The molecule has 2 rings (SSSR count). The van der Waals surface area contributed by atoms with Crippen molar-refractivity contribution in [2.45, 2.75) is 45.2 Å². The third-order valence-electron chi connectivity index (χ3n) is 3.78. The van der Waals surface area contributed by atoms with Crippen LogP contribution in [-0.2, 0) is 9.53 Å². The number of nitrogens with one attached hydrogen (secondary N) is 1. The number of anilines is 1. The van der Waals surface area contributed by atoms with Gasteiger partial charge in [0.05, 0.1) is 6.61 Å². The number of carbonyl (C=O) groups excluding carboxylic acids is 1. The molecule has 0 heterocycles. The number of carbonyl (C=O) groups is 1. The molecule has 1 unspecified atom stereocenters. The van der Waals surface area contributed by atoms with Gasteiger partial charge in [-0.05, 0) is 50.8 Å².